The van der Waals surface area contributed by atoms with Crippen molar-refractivity contribution in [1.29, 1.82) is 0 Å². The van der Waals surface area contributed by atoms with Crippen LogP contribution in [0.25, 0.3) is 0 Å². The lowest BCUT2D eigenvalue weighted by atomic mass is 9.63. The smallest absolute Gasteiger partial charge is 0.407 e. The van der Waals surface area contributed by atoms with Crippen molar-refractivity contribution in [3.05, 3.63) is 0 Å². The van der Waals surface area contributed by atoms with Crippen molar-refractivity contribution < 1.29 is 9.53 Å². The molecule has 0 radical (unpaired) electrons. The fraction of sp³-hybridized carbons (Fsp3) is 0.944. The monoisotopic (exact) mass is 312 g/mol. The molecule has 0 aromatic carbocycles. The highest BCUT2D eigenvalue weighted by atomic mass is 16.6. The summed E-state index contributed by atoms with van der Waals surface area (Å²) in [7, 11) is 0. The molecule has 1 aliphatic carbocycles. The van der Waals surface area contributed by atoms with Crippen LogP contribution in [-0.4, -0.2) is 24.3 Å². The summed E-state index contributed by atoms with van der Waals surface area (Å²) in [6.45, 7) is 17.5. The second-order valence-electron chi connectivity index (χ2n) is 9.82. The van der Waals surface area contributed by atoms with Crippen LogP contribution in [0.3, 0.4) is 0 Å². The lowest BCUT2D eigenvalue weighted by Gasteiger charge is -2.46. The number of hydrogen-bond acceptors (Lipinski definition) is 3. The molecule has 0 aliphatic heterocycles. The van der Waals surface area contributed by atoms with Crippen LogP contribution in [0.15, 0.2) is 0 Å². The van der Waals surface area contributed by atoms with Gasteiger partial charge in [0.05, 0.1) is 0 Å². The van der Waals surface area contributed by atoms with Gasteiger partial charge in [0.1, 0.15) is 5.60 Å². The van der Waals surface area contributed by atoms with Crippen LogP contribution >= 0.6 is 0 Å². The van der Waals surface area contributed by atoms with Crippen molar-refractivity contribution >= 4 is 6.09 Å². The number of hydrogen-bond donors (Lipinski definition) is 2. The van der Waals surface area contributed by atoms with Gasteiger partial charge in [-0.3, -0.25) is 0 Å². The van der Waals surface area contributed by atoms with Crippen LogP contribution in [-0.2, 0) is 4.74 Å². The van der Waals surface area contributed by atoms with Gasteiger partial charge in [-0.15, -0.1) is 0 Å². The summed E-state index contributed by atoms with van der Waals surface area (Å²) >= 11 is 0. The molecule has 1 rings (SSSR count). The predicted molar refractivity (Wildman–Crippen MR) is 91.7 cm³/mol. The molecule has 0 bridgehead atoms. The van der Waals surface area contributed by atoms with Crippen LogP contribution in [0.4, 0.5) is 4.79 Å². The first-order chi connectivity index (χ1) is 9.66. The average Bonchev–Trinajstić information content (AvgIpc) is 2.20. The van der Waals surface area contributed by atoms with Gasteiger partial charge in [0.25, 0.3) is 0 Å². The van der Waals surface area contributed by atoms with E-state index in [0.717, 1.165) is 19.3 Å². The van der Waals surface area contributed by atoms with Gasteiger partial charge in [-0.25, -0.2) is 4.79 Å². The average molecular weight is 312 g/mol. The summed E-state index contributed by atoms with van der Waals surface area (Å²) in [5, 5.41) is 2.96. The molecule has 3 N–H and O–H groups in total. The molecule has 0 heterocycles. The number of nitrogens with one attached hydrogen (secondary N) is 1. The Labute approximate surface area is 136 Å². The Kier molecular flexibility index (Phi) is 5.28. The summed E-state index contributed by atoms with van der Waals surface area (Å²) < 4.78 is 5.64. The highest BCUT2D eigenvalue weighted by Crippen LogP contribution is 2.45. The summed E-state index contributed by atoms with van der Waals surface area (Å²) in [5.74, 6) is 0. The van der Waals surface area contributed by atoms with E-state index in [1.807, 2.05) is 13.8 Å². The Morgan fingerprint density at radius 1 is 1.18 bits per heavy atom. The maximum absolute atomic E-state index is 12.2. The Hall–Kier alpha value is -0.770. The second kappa shape index (κ2) is 6.03. The molecule has 2 unspecified atom stereocenters. The molecular weight excluding hydrogens is 276 g/mol. The van der Waals surface area contributed by atoms with Gasteiger partial charge in [0, 0.05) is 18.0 Å². The molecule has 0 aromatic rings. The molecule has 0 spiro atoms. The van der Waals surface area contributed by atoms with Crippen LogP contribution in [0.5, 0.6) is 0 Å². The molecule has 1 saturated carbocycles. The van der Waals surface area contributed by atoms with E-state index in [2.05, 4.69) is 46.9 Å². The zero-order valence-electron chi connectivity index (χ0n) is 15.8. The van der Waals surface area contributed by atoms with Crippen LogP contribution in [0, 0.1) is 16.2 Å². The summed E-state index contributed by atoms with van der Waals surface area (Å²) in [4.78, 5) is 12.2. The van der Waals surface area contributed by atoms with Crippen LogP contribution in [0.2, 0.25) is 0 Å². The van der Waals surface area contributed by atoms with E-state index in [4.69, 9.17) is 10.5 Å². The predicted octanol–water partition coefficient (Wildman–Crippen LogP) is 4.08. The molecule has 130 valence electrons. The Morgan fingerprint density at radius 2 is 1.73 bits per heavy atom. The minimum Gasteiger partial charge on any atom is -0.443 e. The maximum Gasteiger partial charge on any atom is 0.407 e. The largest absolute Gasteiger partial charge is 0.443 e. The van der Waals surface area contributed by atoms with Crippen molar-refractivity contribution in [1.82, 2.24) is 5.32 Å². The van der Waals surface area contributed by atoms with Gasteiger partial charge in [-0.1, -0.05) is 41.5 Å². The van der Waals surface area contributed by atoms with Crippen molar-refractivity contribution in [2.75, 3.05) is 6.54 Å². The van der Waals surface area contributed by atoms with Gasteiger partial charge < -0.3 is 15.8 Å². The van der Waals surface area contributed by atoms with E-state index >= 15 is 0 Å². The maximum atomic E-state index is 12.2. The molecular formula is C18H36N2O2. The van der Waals surface area contributed by atoms with Gasteiger partial charge in [-0.05, 0) is 43.9 Å². The van der Waals surface area contributed by atoms with Crippen molar-refractivity contribution in [2.24, 2.45) is 22.0 Å². The molecule has 22 heavy (non-hydrogen) atoms. The Bertz CT molecular complexity index is 410. The number of rotatable bonds is 3. The first kappa shape index (κ1) is 19.3. The van der Waals surface area contributed by atoms with Crippen LogP contribution < -0.4 is 11.1 Å². The molecule has 1 amide bonds. The summed E-state index contributed by atoms with van der Waals surface area (Å²) in [6.07, 6.45) is 2.72. The van der Waals surface area contributed by atoms with E-state index in [1.165, 1.54) is 0 Å². The third kappa shape index (κ3) is 5.15. The minimum absolute atomic E-state index is 0.0338. The number of carbonyl (C=O) groups is 1. The molecule has 4 heteroatoms. The lowest BCUT2D eigenvalue weighted by molar-refractivity contribution is -0.0411. The van der Waals surface area contributed by atoms with E-state index in [0.29, 0.717) is 6.54 Å². The standard InChI is InChI=1S/C18H36N2O2/c1-15(2,3)17(6,7)22-14(21)20-12-18(8)10-13(19)9-16(4,5)11-18/h13H,9-12,19H2,1-8H3,(H,20,21). The normalized spacial score (nSPS) is 29.0. The molecule has 1 aliphatic rings. The second-order valence-corrected chi connectivity index (χ2v) is 9.82. The molecule has 2 atom stereocenters. The summed E-state index contributed by atoms with van der Waals surface area (Å²) in [6, 6.07) is 0.206. The number of nitrogens with two attached hydrogens (primary N) is 1. The lowest BCUT2D eigenvalue weighted by Crippen LogP contribution is -2.49. The number of alkyl carbamates (subject to hydrolysis) is 1. The number of amides is 1. The van der Waals surface area contributed by atoms with Crippen LogP contribution in [0.1, 0.15) is 74.7 Å². The molecule has 4 nitrogen and oxygen atoms in total. The van der Waals surface area contributed by atoms with E-state index in [9.17, 15) is 4.79 Å². The Balaban J connectivity index is 2.60. The van der Waals surface area contributed by atoms with Crippen molar-refractivity contribution in [2.45, 2.75) is 86.3 Å². The third-order valence-corrected chi connectivity index (χ3v) is 5.29. The molecule has 1 fully saturated rings. The molecule has 0 saturated heterocycles. The summed E-state index contributed by atoms with van der Waals surface area (Å²) in [5.41, 5.74) is 5.84. The fourth-order valence-corrected chi connectivity index (χ4v) is 3.56. The first-order valence-electron chi connectivity index (χ1n) is 8.38. The van der Waals surface area contributed by atoms with Crippen molar-refractivity contribution in [3.63, 3.8) is 0 Å². The van der Waals surface area contributed by atoms with Gasteiger partial charge in [0.15, 0.2) is 0 Å². The highest BCUT2D eigenvalue weighted by molar-refractivity contribution is 5.67. The third-order valence-electron chi connectivity index (χ3n) is 5.29. The topological polar surface area (TPSA) is 64.3 Å². The van der Waals surface area contributed by atoms with Gasteiger partial charge in [-0.2, -0.15) is 0 Å². The van der Waals surface area contributed by atoms with E-state index in [1.54, 1.807) is 0 Å². The van der Waals surface area contributed by atoms with Gasteiger partial charge in [0.2, 0.25) is 0 Å². The zero-order chi connectivity index (χ0) is 17.4. The van der Waals surface area contributed by atoms with E-state index < -0.39 is 5.60 Å². The highest BCUT2D eigenvalue weighted by Gasteiger charge is 2.41. The molecule has 0 aromatic heterocycles. The SMILES string of the molecule is CC1(C)CC(N)CC(C)(CNC(=O)OC(C)(C)C(C)(C)C)C1. The zero-order valence-corrected chi connectivity index (χ0v) is 15.8. The minimum atomic E-state index is -0.514. The fourth-order valence-electron chi connectivity index (χ4n) is 3.56. The number of ether oxygens (including phenoxy) is 1. The van der Waals surface area contributed by atoms with Crippen molar-refractivity contribution in [3.8, 4) is 0 Å². The Morgan fingerprint density at radius 3 is 2.18 bits per heavy atom. The number of carbonyl (C=O) groups excluding carboxylic acids is 1. The van der Waals surface area contributed by atoms with Gasteiger partial charge >= 0.3 is 6.09 Å². The van der Waals surface area contributed by atoms with E-state index in [-0.39, 0.29) is 28.4 Å². The quantitative estimate of drug-likeness (QED) is 0.825. The first-order valence-corrected chi connectivity index (χ1v) is 8.38.